The predicted molar refractivity (Wildman–Crippen MR) is 73.3 cm³/mol. The van der Waals surface area contributed by atoms with Crippen LogP contribution in [0.25, 0.3) is 16.6 Å². The van der Waals surface area contributed by atoms with Gasteiger partial charge in [-0.15, -0.1) is 0 Å². The fourth-order valence-corrected chi connectivity index (χ4v) is 2.12. The first-order valence-electron chi connectivity index (χ1n) is 5.84. The Bertz CT molecular complexity index is 806. The van der Waals surface area contributed by atoms with Crippen molar-refractivity contribution >= 4 is 16.6 Å². The third kappa shape index (κ3) is 1.83. The zero-order valence-corrected chi connectivity index (χ0v) is 10.2. The Kier molecular flexibility index (Phi) is 2.57. The molecule has 0 aliphatic heterocycles. The molecule has 0 radical (unpaired) electrons. The number of nitrogens with zero attached hydrogens (tertiary/aromatic N) is 2. The number of fused-ring (bicyclic) bond motifs is 1. The Morgan fingerprint density at radius 2 is 1.65 bits per heavy atom. The first-order chi connectivity index (χ1) is 9.56. The largest absolute Gasteiger partial charge is 0.504 e. The van der Waals surface area contributed by atoms with E-state index in [0.717, 1.165) is 11.1 Å². The summed E-state index contributed by atoms with van der Waals surface area (Å²) in [4.78, 5) is 10.2. The van der Waals surface area contributed by atoms with Crippen LogP contribution in [0.4, 0.5) is 5.69 Å². The van der Waals surface area contributed by atoms with Crippen LogP contribution in [0.15, 0.2) is 48.7 Å². The molecule has 1 aromatic heterocycles. The number of phenols is 2. The molecule has 100 valence electrons. The molecule has 0 amide bonds. The van der Waals surface area contributed by atoms with Crippen LogP contribution in [0.3, 0.4) is 0 Å². The molecule has 2 aromatic carbocycles. The standard InChI is InChI=1S/C14H10N2O4/c17-13-7-9-5-6-15(12(9)8-14(13)18)10-1-3-11(4-2-10)16(19)20/h1-8,17-18H. The second-order valence-corrected chi connectivity index (χ2v) is 4.36. The summed E-state index contributed by atoms with van der Waals surface area (Å²) >= 11 is 0. The number of aromatic hydroxyl groups is 2. The molecule has 6 nitrogen and oxygen atoms in total. The van der Waals surface area contributed by atoms with Crippen molar-refractivity contribution in [3.8, 4) is 17.2 Å². The van der Waals surface area contributed by atoms with E-state index < -0.39 is 4.92 Å². The van der Waals surface area contributed by atoms with Gasteiger partial charge >= 0.3 is 0 Å². The van der Waals surface area contributed by atoms with Crippen molar-refractivity contribution in [2.24, 2.45) is 0 Å². The van der Waals surface area contributed by atoms with Crippen molar-refractivity contribution in [2.45, 2.75) is 0 Å². The summed E-state index contributed by atoms with van der Waals surface area (Å²) in [5.41, 5.74) is 1.45. The van der Waals surface area contributed by atoms with Crippen LogP contribution in [-0.4, -0.2) is 19.7 Å². The molecule has 1 heterocycles. The molecule has 20 heavy (non-hydrogen) atoms. The summed E-state index contributed by atoms with van der Waals surface area (Å²) < 4.78 is 1.78. The maximum Gasteiger partial charge on any atom is 0.269 e. The van der Waals surface area contributed by atoms with Gasteiger partial charge in [0.15, 0.2) is 11.5 Å². The van der Waals surface area contributed by atoms with Gasteiger partial charge in [-0.25, -0.2) is 0 Å². The molecule has 0 aliphatic rings. The molecule has 0 unspecified atom stereocenters. The minimum absolute atomic E-state index is 0.0192. The van der Waals surface area contributed by atoms with Crippen molar-refractivity contribution in [1.82, 2.24) is 4.57 Å². The number of non-ortho nitro benzene ring substituents is 1. The average Bonchev–Trinajstić information content (AvgIpc) is 2.82. The SMILES string of the molecule is O=[N+]([O-])c1ccc(-n2ccc3cc(O)c(O)cc32)cc1. The quantitative estimate of drug-likeness (QED) is 0.425. The fourth-order valence-electron chi connectivity index (χ4n) is 2.12. The number of aromatic nitrogens is 1. The molecule has 0 saturated heterocycles. The van der Waals surface area contributed by atoms with E-state index in [0.29, 0.717) is 5.52 Å². The van der Waals surface area contributed by atoms with E-state index in [1.54, 1.807) is 29.0 Å². The Morgan fingerprint density at radius 3 is 2.30 bits per heavy atom. The number of hydrogen-bond acceptors (Lipinski definition) is 4. The first-order valence-corrected chi connectivity index (χ1v) is 5.84. The van der Waals surface area contributed by atoms with E-state index in [9.17, 15) is 20.3 Å². The van der Waals surface area contributed by atoms with Gasteiger partial charge < -0.3 is 14.8 Å². The van der Waals surface area contributed by atoms with Crippen LogP contribution < -0.4 is 0 Å². The van der Waals surface area contributed by atoms with Gasteiger partial charge in [-0.1, -0.05) is 0 Å². The van der Waals surface area contributed by atoms with E-state index in [-0.39, 0.29) is 17.2 Å². The minimum Gasteiger partial charge on any atom is -0.504 e. The zero-order valence-electron chi connectivity index (χ0n) is 10.2. The lowest BCUT2D eigenvalue weighted by molar-refractivity contribution is -0.384. The van der Waals surface area contributed by atoms with Gasteiger partial charge in [0.25, 0.3) is 5.69 Å². The van der Waals surface area contributed by atoms with E-state index in [2.05, 4.69) is 0 Å². The highest BCUT2D eigenvalue weighted by Gasteiger charge is 2.09. The zero-order chi connectivity index (χ0) is 14.3. The lowest BCUT2D eigenvalue weighted by atomic mass is 10.2. The Labute approximate surface area is 113 Å². The third-order valence-electron chi connectivity index (χ3n) is 3.13. The number of rotatable bonds is 2. The second-order valence-electron chi connectivity index (χ2n) is 4.36. The number of nitro groups is 1. The molecular formula is C14H10N2O4. The van der Waals surface area contributed by atoms with E-state index >= 15 is 0 Å². The van der Waals surface area contributed by atoms with Crippen molar-refractivity contribution in [3.63, 3.8) is 0 Å². The van der Waals surface area contributed by atoms with Gasteiger partial charge in [0.2, 0.25) is 0 Å². The van der Waals surface area contributed by atoms with Gasteiger partial charge in [-0.3, -0.25) is 10.1 Å². The van der Waals surface area contributed by atoms with Crippen LogP contribution in [0.1, 0.15) is 0 Å². The summed E-state index contributed by atoms with van der Waals surface area (Å²) in [5, 5.41) is 30.4. The van der Waals surface area contributed by atoms with Gasteiger partial charge in [0, 0.05) is 35.5 Å². The minimum atomic E-state index is -0.457. The second kappa shape index (κ2) is 4.27. The Hall–Kier alpha value is -3.02. The average molecular weight is 270 g/mol. The summed E-state index contributed by atoms with van der Waals surface area (Å²) in [6.45, 7) is 0. The van der Waals surface area contributed by atoms with Crippen LogP contribution in [0.5, 0.6) is 11.5 Å². The number of phenolic OH excluding ortho intramolecular Hbond substituents is 2. The topological polar surface area (TPSA) is 88.5 Å². The van der Waals surface area contributed by atoms with E-state index in [1.165, 1.54) is 24.3 Å². The first kappa shape index (κ1) is 12.0. The summed E-state index contributed by atoms with van der Waals surface area (Å²) in [6.07, 6.45) is 1.77. The van der Waals surface area contributed by atoms with E-state index in [1.807, 2.05) is 0 Å². The van der Waals surface area contributed by atoms with E-state index in [4.69, 9.17) is 0 Å². The normalized spacial score (nSPS) is 10.8. The van der Waals surface area contributed by atoms with Crippen LogP contribution in [0, 0.1) is 10.1 Å². The number of benzene rings is 2. The maximum absolute atomic E-state index is 10.6. The van der Waals surface area contributed by atoms with Gasteiger partial charge in [0.1, 0.15) is 0 Å². The number of hydrogen-bond donors (Lipinski definition) is 2. The molecule has 0 saturated carbocycles. The maximum atomic E-state index is 10.6. The molecule has 0 bridgehead atoms. The van der Waals surface area contributed by atoms with Crippen LogP contribution in [0.2, 0.25) is 0 Å². The van der Waals surface area contributed by atoms with Gasteiger partial charge in [-0.2, -0.15) is 0 Å². The fraction of sp³-hybridized carbons (Fsp3) is 0. The van der Waals surface area contributed by atoms with Crippen molar-refractivity contribution < 1.29 is 15.1 Å². The molecule has 0 fully saturated rings. The molecule has 0 spiro atoms. The highest BCUT2D eigenvalue weighted by atomic mass is 16.6. The molecule has 3 rings (SSSR count). The smallest absolute Gasteiger partial charge is 0.269 e. The van der Waals surface area contributed by atoms with Crippen molar-refractivity contribution in [3.05, 3.63) is 58.8 Å². The Morgan fingerprint density at radius 1 is 1.00 bits per heavy atom. The number of nitro benzene ring substituents is 1. The van der Waals surface area contributed by atoms with Crippen molar-refractivity contribution in [1.29, 1.82) is 0 Å². The molecular weight excluding hydrogens is 260 g/mol. The van der Waals surface area contributed by atoms with Crippen LogP contribution >= 0.6 is 0 Å². The lowest BCUT2D eigenvalue weighted by Gasteiger charge is -2.06. The summed E-state index contributed by atoms with van der Waals surface area (Å²) in [6, 6.07) is 10.8. The van der Waals surface area contributed by atoms with Crippen molar-refractivity contribution in [2.75, 3.05) is 0 Å². The lowest BCUT2D eigenvalue weighted by Crippen LogP contribution is -1.93. The molecule has 2 N–H and O–H groups in total. The Balaban J connectivity index is 2.14. The van der Waals surface area contributed by atoms with Gasteiger partial charge in [0.05, 0.1) is 10.4 Å². The summed E-state index contributed by atoms with van der Waals surface area (Å²) in [5.74, 6) is -0.390. The monoisotopic (exact) mass is 270 g/mol. The highest BCUT2D eigenvalue weighted by molar-refractivity contribution is 5.85. The highest BCUT2D eigenvalue weighted by Crippen LogP contribution is 2.32. The molecule has 3 aromatic rings. The van der Waals surface area contributed by atoms with Gasteiger partial charge in [-0.05, 0) is 24.3 Å². The predicted octanol–water partition coefficient (Wildman–Crippen LogP) is 2.95. The summed E-state index contributed by atoms with van der Waals surface area (Å²) in [7, 11) is 0. The third-order valence-corrected chi connectivity index (χ3v) is 3.13. The molecule has 0 atom stereocenters. The van der Waals surface area contributed by atoms with Crippen LogP contribution in [-0.2, 0) is 0 Å². The molecule has 6 heteroatoms. The molecule has 0 aliphatic carbocycles.